The van der Waals surface area contributed by atoms with Crippen molar-refractivity contribution in [2.24, 2.45) is 5.92 Å². The zero-order valence-corrected chi connectivity index (χ0v) is 11.2. The van der Waals surface area contributed by atoms with Crippen molar-refractivity contribution in [1.82, 2.24) is 5.32 Å². The van der Waals surface area contributed by atoms with E-state index in [9.17, 15) is 4.79 Å². The molecule has 0 spiro atoms. The van der Waals surface area contributed by atoms with Gasteiger partial charge in [-0.15, -0.1) is 0 Å². The van der Waals surface area contributed by atoms with Gasteiger partial charge in [0, 0.05) is 6.04 Å². The van der Waals surface area contributed by atoms with Crippen molar-refractivity contribution in [2.75, 3.05) is 0 Å². The third-order valence-corrected chi connectivity index (χ3v) is 3.30. The molecule has 0 aliphatic rings. The van der Waals surface area contributed by atoms with Crippen molar-refractivity contribution >= 4 is 5.91 Å². The van der Waals surface area contributed by atoms with Crippen LogP contribution in [0.3, 0.4) is 0 Å². The number of hydrogen-bond acceptors (Lipinski definition) is 1. The predicted molar refractivity (Wildman–Crippen MR) is 71.9 cm³/mol. The molecule has 0 aromatic heterocycles. The topological polar surface area (TPSA) is 29.1 Å². The average molecular weight is 233 g/mol. The standard InChI is InChI=1S/C15H23NO/c1-5-14(13-9-7-6-8-10-13)15(17)16-12(4)11(2)3/h6-12,14H,5H2,1-4H3,(H,16,17). The SMILES string of the molecule is CCC(C(=O)NC(C)C(C)C)c1ccccc1. The van der Waals surface area contributed by atoms with Gasteiger partial charge in [-0.3, -0.25) is 4.79 Å². The molecule has 0 bridgehead atoms. The van der Waals surface area contributed by atoms with Crippen molar-refractivity contribution in [3.63, 3.8) is 0 Å². The van der Waals surface area contributed by atoms with E-state index >= 15 is 0 Å². The molecule has 2 heteroatoms. The highest BCUT2D eigenvalue weighted by Crippen LogP contribution is 2.19. The first-order valence-corrected chi connectivity index (χ1v) is 6.41. The molecule has 2 nitrogen and oxygen atoms in total. The second-order valence-corrected chi connectivity index (χ2v) is 4.91. The van der Waals surface area contributed by atoms with E-state index in [0.29, 0.717) is 5.92 Å². The van der Waals surface area contributed by atoms with Crippen LogP contribution in [-0.2, 0) is 4.79 Å². The number of benzene rings is 1. The van der Waals surface area contributed by atoms with Crippen LogP contribution in [0.15, 0.2) is 30.3 Å². The molecule has 94 valence electrons. The van der Waals surface area contributed by atoms with E-state index in [0.717, 1.165) is 12.0 Å². The Morgan fingerprint density at radius 2 is 1.76 bits per heavy atom. The van der Waals surface area contributed by atoms with Gasteiger partial charge in [0.05, 0.1) is 5.92 Å². The summed E-state index contributed by atoms with van der Waals surface area (Å²) in [6, 6.07) is 10.2. The predicted octanol–water partition coefficient (Wildman–Crippen LogP) is 3.34. The van der Waals surface area contributed by atoms with Crippen molar-refractivity contribution < 1.29 is 4.79 Å². The monoisotopic (exact) mass is 233 g/mol. The summed E-state index contributed by atoms with van der Waals surface area (Å²) in [6.45, 7) is 8.35. The van der Waals surface area contributed by atoms with Gasteiger partial charge in [-0.05, 0) is 24.8 Å². The Kier molecular flexibility index (Phi) is 5.20. The van der Waals surface area contributed by atoms with Crippen LogP contribution in [0.1, 0.15) is 45.6 Å². The number of hydrogen-bond donors (Lipinski definition) is 1. The highest BCUT2D eigenvalue weighted by atomic mass is 16.1. The molecule has 2 unspecified atom stereocenters. The third-order valence-electron chi connectivity index (χ3n) is 3.30. The Balaban J connectivity index is 2.72. The van der Waals surface area contributed by atoms with E-state index in [2.05, 4.69) is 33.0 Å². The lowest BCUT2D eigenvalue weighted by Crippen LogP contribution is -2.39. The molecule has 17 heavy (non-hydrogen) atoms. The first kappa shape index (κ1) is 13.8. The van der Waals surface area contributed by atoms with Gasteiger partial charge in [-0.2, -0.15) is 0 Å². The summed E-state index contributed by atoms with van der Waals surface area (Å²) in [4.78, 5) is 12.2. The van der Waals surface area contributed by atoms with Crippen LogP contribution in [0.5, 0.6) is 0 Å². The Morgan fingerprint density at radius 3 is 2.24 bits per heavy atom. The largest absolute Gasteiger partial charge is 0.353 e. The maximum absolute atomic E-state index is 12.2. The Labute approximate surface area is 104 Å². The summed E-state index contributed by atoms with van der Waals surface area (Å²) in [5, 5.41) is 3.09. The van der Waals surface area contributed by atoms with Gasteiger partial charge in [0.1, 0.15) is 0 Å². The lowest BCUT2D eigenvalue weighted by molar-refractivity contribution is -0.123. The molecule has 0 saturated heterocycles. The number of rotatable bonds is 5. The summed E-state index contributed by atoms with van der Waals surface area (Å²) >= 11 is 0. The van der Waals surface area contributed by atoms with Gasteiger partial charge in [0.25, 0.3) is 0 Å². The van der Waals surface area contributed by atoms with Crippen LogP contribution in [-0.4, -0.2) is 11.9 Å². The van der Waals surface area contributed by atoms with Crippen molar-refractivity contribution in [1.29, 1.82) is 0 Å². The Hall–Kier alpha value is -1.31. The lowest BCUT2D eigenvalue weighted by atomic mass is 9.94. The quantitative estimate of drug-likeness (QED) is 0.830. The van der Waals surface area contributed by atoms with Gasteiger partial charge >= 0.3 is 0 Å². The van der Waals surface area contributed by atoms with Crippen LogP contribution < -0.4 is 5.32 Å². The Bertz CT molecular complexity index is 345. The zero-order valence-electron chi connectivity index (χ0n) is 11.2. The fourth-order valence-electron chi connectivity index (χ4n) is 1.75. The molecule has 1 aromatic rings. The number of carbonyl (C=O) groups is 1. The molecular formula is C15H23NO. The van der Waals surface area contributed by atoms with Gasteiger partial charge in [0.2, 0.25) is 5.91 Å². The summed E-state index contributed by atoms with van der Waals surface area (Å²) in [6.07, 6.45) is 0.834. The molecule has 0 heterocycles. The van der Waals surface area contributed by atoms with Crippen LogP contribution in [0.25, 0.3) is 0 Å². The minimum atomic E-state index is -0.0302. The first-order valence-electron chi connectivity index (χ1n) is 6.41. The van der Waals surface area contributed by atoms with Gasteiger partial charge in [-0.1, -0.05) is 51.1 Å². The fraction of sp³-hybridized carbons (Fsp3) is 0.533. The van der Waals surface area contributed by atoms with Crippen molar-refractivity contribution in [3.05, 3.63) is 35.9 Å². The summed E-state index contributed by atoms with van der Waals surface area (Å²) in [7, 11) is 0. The molecule has 0 aliphatic carbocycles. The maximum Gasteiger partial charge on any atom is 0.227 e. The molecule has 0 saturated carbocycles. The summed E-state index contributed by atoms with van der Waals surface area (Å²) in [5.74, 6) is 0.574. The van der Waals surface area contributed by atoms with E-state index in [1.54, 1.807) is 0 Å². The fourth-order valence-corrected chi connectivity index (χ4v) is 1.75. The number of nitrogens with one attached hydrogen (secondary N) is 1. The summed E-state index contributed by atoms with van der Waals surface area (Å²) in [5.41, 5.74) is 1.10. The molecule has 0 radical (unpaired) electrons. The third kappa shape index (κ3) is 3.88. The maximum atomic E-state index is 12.2. The highest BCUT2D eigenvalue weighted by Gasteiger charge is 2.20. The zero-order chi connectivity index (χ0) is 12.8. The van der Waals surface area contributed by atoms with Crippen molar-refractivity contribution in [2.45, 2.75) is 46.1 Å². The van der Waals surface area contributed by atoms with Crippen LogP contribution >= 0.6 is 0 Å². The molecule has 1 rings (SSSR count). The van der Waals surface area contributed by atoms with Crippen LogP contribution in [0, 0.1) is 5.92 Å². The van der Waals surface area contributed by atoms with Crippen LogP contribution in [0.2, 0.25) is 0 Å². The van der Waals surface area contributed by atoms with E-state index in [-0.39, 0.29) is 17.9 Å². The lowest BCUT2D eigenvalue weighted by Gasteiger charge is -2.22. The minimum Gasteiger partial charge on any atom is -0.353 e. The number of carbonyl (C=O) groups excluding carboxylic acids is 1. The molecular weight excluding hydrogens is 210 g/mol. The van der Waals surface area contributed by atoms with E-state index in [1.165, 1.54) is 0 Å². The normalized spacial score (nSPS) is 14.4. The minimum absolute atomic E-state index is 0.0302. The van der Waals surface area contributed by atoms with Crippen molar-refractivity contribution in [3.8, 4) is 0 Å². The molecule has 1 aromatic carbocycles. The summed E-state index contributed by atoms with van der Waals surface area (Å²) < 4.78 is 0. The van der Waals surface area contributed by atoms with Gasteiger partial charge in [0.15, 0.2) is 0 Å². The Morgan fingerprint density at radius 1 is 1.18 bits per heavy atom. The van der Waals surface area contributed by atoms with E-state index < -0.39 is 0 Å². The van der Waals surface area contributed by atoms with Gasteiger partial charge in [-0.25, -0.2) is 0 Å². The molecule has 1 amide bonds. The average Bonchev–Trinajstić information content (AvgIpc) is 2.31. The van der Waals surface area contributed by atoms with Crippen LogP contribution in [0.4, 0.5) is 0 Å². The van der Waals surface area contributed by atoms with E-state index in [1.807, 2.05) is 30.3 Å². The molecule has 0 aliphatic heterocycles. The second-order valence-electron chi connectivity index (χ2n) is 4.91. The van der Waals surface area contributed by atoms with E-state index in [4.69, 9.17) is 0 Å². The molecule has 2 atom stereocenters. The number of amides is 1. The van der Waals surface area contributed by atoms with Gasteiger partial charge < -0.3 is 5.32 Å². The molecule has 0 fully saturated rings. The smallest absolute Gasteiger partial charge is 0.227 e. The second kappa shape index (κ2) is 6.43. The first-order chi connectivity index (χ1) is 8.06. The molecule has 1 N–H and O–H groups in total. The highest BCUT2D eigenvalue weighted by molar-refractivity contribution is 5.83.